The lowest BCUT2D eigenvalue weighted by molar-refractivity contribution is -0.384. The molecule has 0 aromatic heterocycles. The molecule has 0 bridgehead atoms. The van der Waals surface area contributed by atoms with Crippen molar-refractivity contribution in [3.63, 3.8) is 0 Å². The van der Waals surface area contributed by atoms with Crippen LogP contribution in [0.15, 0.2) is 53.5 Å². The summed E-state index contributed by atoms with van der Waals surface area (Å²) in [6, 6.07) is 11.9. The second-order valence-corrected chi connectivity index (χ2v) is 5.64. The van der Waals surface area contributed by atoms with E-state index in [4.69, 9.17) is 4.74 Å². The number of hydrogen-bond acceptors (Lipinski definition) is 5. The van der Waals surface area contributed by atoms with E-state index in [2.05, 4.69) is 20.9 Å². The maximum Gasteiger partial charge on any atom is 0.270 e. The Morgan fingerprint density at radius 3 is 2.56 bits per heavy atom. The first-order valence-corrected chi connectivity index (χ1v) is 8.23. The number of halogens is 2. The minimum Gasteiger partial charge on any atom is -0.478 e. The molecule has 2 aromatic carbocycles. The van der Waals surface area contributed by atoms with E-state index in [0.29, 0.717) is 5.56 Å². The quantitative estimate of drug-likeness (QED) is 0.175. The van der Waals surface area contributed by atoms with Crippen LogP contribution < -0.4 is 0 Å². The van der Waals surface area contributed by atoms with Crippen molar-refractivity contribution in [3.05, 3.63) is 69.8 Å². The van der Waals surface area contributed by atoms with Crippen LogP contribution in [0.1, 0.15) is 22.8 Å². The molecule has 0 spiro atoms. The number of carbonyl (C=O) groups excluding carboxylic acids is 1. The summed E-state index contributed by atoms with van der Waals surface area (Å²) < 4.78 is 18.7. The van der Waals surface area contributed by atoms with Gasteiger partial charge < -0.3 is 4.74 Å². The molecule has 0 saturated heterocycles. The molecule has 130 valence electrons. The van der Waals surface area contributed by atoms with Gasteiger partial charge in [-0.25, -0.2) is 9.38 Å². The highest BCUT2D eigenvalue weighted by atomic mass is 79.9. The minimum absolute atomic E-state index is 0.00856. The van der Waals surface area contributed by atoms with Crippen molar-refractivity contribution in [1.29, 1.82) is 0 Å². The highest BCUT2D eigenvalue weighted by Gasteiger charge is 2.20. The topological polar surface area (TPSA) is 81.8 Å². The van der Waals surface area contributed by atoms with Crippen LogP contribution >= 0.6 is 15.9 Å². The summed E-state index contributed by atoms with van der Waals surface area (Å²) >= 11 is 2.73. The molecule has 1 unspecified atom stereocenters. The molecular formula is C17H14BrFN2O4. The average molecular weight is 409 g/mol. The van der Waals surface area contributed by atoms with Crippen molar-refractivity contribution in [2.45, 2.75) is 12.0 Å². The number of nitro benzene ring substituents is 1. The molecule has 0 N–H and O–H groups in total. The zero-order chi connectivity index (χ0) is 18.4. The summed E-state index contributed by atoms with van der Waals surface area (Å²) in [7, 11) is 0. The molecule has 0 aliphatic carbocycles. The number of ketones is 1. The zero-order valence-corrected chi connectivity index (χ0v) is 14.8. The van der Waals surface area contributed by atoms with Gasteiger partial charge in [0.15, 0.2) is 5.78 Å². The number of nitrogens with zero attached hydrogens (tertiary/aromatic N) is 2. The van der Waals surface area contributed by atoms with E-state index in [1.165, 1.54) is 12.1 Å². The summed E-state index contributed by atoms with van der Waals surface area (Å²) in [5.41, 5.74) is 0.163. The molecule has 2 aromatic rings. The van der Waals surface area contributed by atoms with E-state index in [1.54, 1.807) is 37.3 Å². The van der Waals surface area contributed by atoms with Crippen LogP contribution in [0.2, 0.25) is 0 Å². The SMILES string of the molecule is CCO/C(=N/c1ccc([N+](=O)[O-])cc1C(=O)c1ccccc1)C(F)Br. The Morgan fingerprint density at radius 2 is 2.00 bits per heavy atom. The van der Waals surface area contributed by atoms with Crippen molar-refractivity contribution < 1.29 is 18.8 Å². The smallest absolute Gasteiger partial charge is 0.270 e. The molecule has 8 heteroatoms. The second-order valence-electron chi connectivity index (χ2n) is 4.84. The summed E-state index contributed by atoms with van der Waals surface area (Å²) in [5, 5.41) is 9.36. The summed E-state index contributed by atoms with van der Waals surface area (Å²) in [6.07, 6.45) is 0. The van der Waals surface area contributed by atoms with E-state index in [0.717, 1.165) is 6.07 Å². The van der Waals surface area contributed by atoms with Gasteiger partial charge in [0, 0.05) is 17.7 Å². The van der Waals surface area contributed by atoms with Gasteiger partial charge in [0.25, 0.3) is 5.69 Å². The lowest BCUT2D eigenvalue weighted by Crippen LogP contribution is -2.13. The van der Waals surface area contributed by atoms with E-state index >= 15 is 0 Å². The molecule has 0 saturated carbocycles. The van der Waals surface area contributed by atoms with Gasteiger partial charge in [-0.15, -0.1) is 0 Å². The standard InChI is InChI=1S/C17H14BrFN2O4/c1-2-25-17(16(18)19)20-14-9-8-12(21(23)24)10-13(14)15(22)11-6-4-3-5-7-11/h3-10,16H,2H2,1H3/b20-17+. The van der Waals surface area contributed by atoms with Crippen molar-refractivity contribution in [1.82, 2.24) is 0 Å². The van der Waals surface area contributed by atoms with Crippen molar-refractivity contribution in [2.75, 3.05) is 6.61 Å². The maximum absolute atomic E-state index is 13.6. The van der Waals surface area contributed by atoms with Gasteiger partial charge in [-0.3, -0.25) is 14.9 Å². The van der Waals surface area contributed by atoms with Crippen LogP contribution in [0.4, 0.5) is 15.8 Å². The molecule has 0 aliphatic rings. The molecule has 2 rings (SSSR count). The highest BCUT2D eigenvalue weighted by Crippen LogP contribution is 2.28. The van der Waals surface area contributed by atoms with Gasteiger partial charge >= 0.3 is 0 Å². The Kier molecular flexibility index (Phi) is 6.35. The summed E-state index contributed by atoms with van der Waals surface area (Å²) in [4.78, 5) is 27.1. The third-order valence-corrected chi connectivity index (χ3v) is 3.57. The zero-order valence-electron chi connectivity index (χ0n) is 13.2. The van der Waals surface area contributed by atoms with Gasteiger partial charge in [-0.2, -0.15) is 0 Å². The van der Waals surface area contributed by atoms with Gasteiger partial charge in [-0.1, -0.05) is 30.3 Å². The van der Waals surface area contributed by atoms with Gasteiger partial charge in [0.05, 0.1) is 22.8 Å². The first-order valence-electron chi connectivity index (χ1n) is 7.31. The van der Waals surface area contributed by atoms with E-state index in [9.17, 15) is 19.3 Å². The molecule has 0 fully saturated rings. The monoisotopic (exact) mass is 408 g/mol. The fourth-order valence-electron chi connectivity index (χ4n) is 2.07. The highest BCUT2D eigenvalue weighted by molar-refractivity contribution is 9.09. The Hall–Kier alpha value is -2.61. The molecule has 0 amide bonds. The van der Waals surface area contributed by atoms with Crippen LogP contribution in [0.3, 0.4) is 0 Å². The molecule has 25 heavy (non-hydrogen) atoms. The van der Waals surface area contributed by atoms with Gasteiger partial charge in [-0.05, 0) is 28.9 Å². The van der Waals surface area contributed by atoms with Gasteiger partial charge in [0.2, 0.25) is 11.0 Å². The average Bonchev–Trinajstić information content (AvgIpc) is 2.61. The third kappa shape index (κ3) is 4.69. The second kappa shape index (κ2) is 8.48. The van der Waals surface area contributed by atoms with Crippen molar-refractivity contribution >= 4 is 39.0 Å². The third-order valence-electron chi connectivity index (χ3n) is 3.18. The number of rotatable bonds is 6. The number of alkyl halides is 2. The van der Waals surface area contributed by atoms with Gasteiger partial charge in [0.1, 0.15) is 0 Å². The molecule has 0 heterocycles. The fourth-order valence-corrected chi connectivity index (χ4v) is 2.31. The predicted octanol–water partition coefficient (Wildman–Crippen LogP) is 4.58. The van der Waals surface area contributed by atoms with Crippen LogP contribution in [0.25, 0.3) is 0 Å². The maximum atomic E-state index is 13.6. The lowest BCUT2D eigenvalue weighted by atomic mass is 10.0. The molecule has 0 aliphatic heterocycles. The number of hydrogen-bond donors (Lipinski definition) is 0. The van der Waals surface area contributed by atoms with Crippen LogP contribution in [-0.4, -0.2) is 28.3 Å². The molecule has 6 nitrogen and oxygen atoms in total. The van der Waals surface area contributed by atoms with Crippen LogP contribution in [0, 0.1) is 10.1 Å². The van der Waals surface area contributed by atoms with Crippen molar-refractivity contribution in [3.8, 4) is 0 Å². The number of benzene rings is 2. The number of carbonyl (C=O) groups is 1. The normalized spacial score (nSPS) is 12.5. The summed E-state index contributed by atoms with van der Waals surface area (Å²) in [5.74, 6) is -0.720. The Bertz CT molecular complexity index is 810. The predicted molar refractivity (Wildman–Crippen MR) is 95.5 cm³/mol. The number of non-ortho nitro benzene ring substituents is 1. The Balaban J connectivity index is 2.58. The van der Waals surface area contributed by atoms with Crippen LogP contribution in [-0.2, 0) is 4.74 Å². The molecule has 0 radical (unpaired) electrons. The number of ether oxygens (including phenoxy) is 1. The van der Waals surface area contributed by atoms with Crippen LogP contribution in [0.5, 0.6) is 0 Å². The molecular weight excluding hydrogens is 395 g/mol. The molecule has 1 atom stereocenters. The lowest BCUT2D eigenvalue weighted by Gasteiger charge is -2.10. The summed E-state index contributed by atoms with van der Waals surface area (Å²) in [6.45, 7) is 1.84. The minimum atomic E-state index is -1.66. The Labute approximate surface area is 151 Å². The first kappa shape index (κ1) is 18.7. The number of aliphatic imine (C=N–C) groups is 1. The largest absolute Gasteiger partial charge is 0.478 e. The van der Waals surface area contributed by atoms with E-state index < -0.39 is 15.8 Å². The number of nitro groups is 1. The fraction of sp³-hybridized carbons (Fsp3) is 0.176. The first-order chi connectivity index (χ1) is 11.9. The van der Waals surface area contributed by atoms with Crippen molar-refractivity contribution in [2.24, 2.45) is 4.99 Å². The Morgan fingerprint density at radius 1 is 1.32 bits per heavy atom. The van der Waals surface area contributed by atoms with E-state index in [-0.39, 0.29) is 29.4 Å². The van der Waals surface area contributed by atoms with E-state index in [1.807, 2.05) is 0 Å².